The predicted molar refractivity (Wildman–Crippen MR) is 82.6 cm³/mol. The van der Waals surface area contributed by atoms with Crippen molar-refractivity contribution < 1.29 is 13.9 Å². The number of furan rings is 1. The minimum Gasteiger partial charge on any atom is -0.497 e. The van der Waals surface area contributed by atoms with Crippen molar-refractivity contribution in [2.75, 3.05) is 7.11 Å². The number of hydrogen-bond donors (Lipinski definition) is 0. The quantitative estimate of drug-likeness (QED) is 0.526. The van der Waals surface area contributed by atoms with Crippen molar-refractivity contribution in [1.82, 2.24) is 0 Å². The highest BCUT2D eigenvalue weighted by Gasteiger charge is 2.03. The van der Waals surface area contributed by atoms with E-state index in [1.165, 1.54) is 6.08 Å². The molecule has 0 bridgehead atoms. The van der Waals surface area contributed by atoms with E-state index in [0.29, 0.717) is 11.3 Å². The molecule has 1 heterocycles. The third-order valence-corrected chi connectivity index (χ3v) is 3.22. The minimum atomic E-state index is -0.0712. The van der Waals surface area contributed by atoms with E-state index in [2.05, 4.69) is 0 Å². The maximum absolute atomic E-state index is 12.1. The predicted octanol–water partition coefficient (Wildman–Crippen LogP) is 4.34. The summed E-state index contributed by atoms with van der Waals surface area (Å²) in [4.78, 5) is 12.1. The number of fused-ring (bicyclic) bond motifs is 1. The summed E-state index contributed by atoms with van der Waals surface area (Å²) in [7, 11) is 1.60. The highest BCUT2D eigenvalue weighted by molar-refractivity contribution is 6.06. The van der Waals surface area contributed by atoms with Gasteiger partial charge in [-0.15, -0.1) is 0 Å². The van der Waals surface area contributed by atoms with Gasteiger partial charge in [-0.3, -0.25) is 4.79 Å². The summed E-state index contributed by atoms with van der Waals surface area (Å²) in [6, 6.07) is 16.7. The standard InChI is InChI=1S/C18H14O3/c1-20-15-8-6-13(7-9-15)17(19)11-10-16-12-14-4-2-3-5-18(14)21-16/h2-12H,1H3/b11-10+. The Bertz CT molecular complexity index is 762. The maximum atomic E-state index is 12.1. The first-order valence-electron chi connectivity index (χ1n) is 6.61. The van der Waals surface area contributed by atoms with Gasteiger partial charge in [0.25, 0.3) is 0 Å². The average molecular weight is 278 g/mol. The Morgan fingerprint density at radius 3 is 2.57 bits per heavy atom. The van der Waals surface area contributed by atoms with Crippen LogP contribution >= 0.6 is 0 Å². The van der Waals surface area contributed by atoms with Gasteiger partial charge in [-0.05, 0) is 48.6 Å². The second kappa shape index (κ2) is 5.67. The van der Waals surface area contributed by atoms with Crippen LogP contribution in [0.3, 0.4) is 0 Å². The molecule has 0 saturated heterocycles. The Kier molecular flexibility index (Phi) is 3.56. The van der Waals surface area contributed by atoms with Crippen LogP contribution in [0.1, 0.15) is 16.1 Å². The van der Waals surface area contributed by atoms with Crippen LogP contribution < -0.4 is 4.74 Å². The highest BCUT2D eigenvalue weighted by Crippen LogP contribution is 2.20. The molecule has 3 rings (SSSR count). The molecule has 3 nitrogen and oxygen atoms in total. The first-order chi connectivity index (χ1) is 10.3. The fraction of sp³-hybridized carbons (Fsp3) is 0.0556. The van der Waals surface area contributed by atoms with Crippen LogP contribution in [-0.4, -0.2) is 12.9 Å². The molecule has 2 aromatic carbocycles. The number of carbonyl (C=O) groups excluding carboxylic acids is 1. The van der Waals surface area contributed by atoms with Gasteiger partial charge < -0.3 is 9.15 Å². The van der Waals surface area contributed by atoms with Crippen LogP contribution in [-0.2, 0) is 0 Å². The Hall–Kier alpha value is -2.81. The van der Waals surface area contributed by atoms with Crippen LogP contribution in [0.15, 0.2) is 65.1 Å². The van der Waals surface area contributed by atoms with Gasteiger partial charge in [0.1, 0.15) is 17.1 Å². The zero-order valence-corrected chi connectivity index (χ0v) is 11.6. The third kappa shape index (κ3) is 2.87. The lowest BCUT2D eigenvalue weighted by Gasteiger charge is -1.99. The van der Waals surface area contributed by atoms with Crippen molar-refractivity contribution in [3.8, 4) is 5.75 Å². The molecule has 0 aliphatic heterocycles. The maximum Gasteiger partial charge on any atom is 0.185 e. The molecule has 0 aliphatic carbocycles. The van der Waals surface area contributed by atoms with E-state index in [-0.39, 0.29) is 5.78 Å². The summed E-state index contributed by atoms with van der Waals surface area (Å²) in [5, 5.41) is 1.02. The van der Waals surface area contributed by atoms with Crippen molar-refractivity contribution in [2.45, 2.75) is 0 Å². The number of carbonyl (C=O) groups is 1. The van der Waals surface area contributed by atoms with Crippen molar-refractivity contribution in [3.05, 3.63) is 72.0 Å². The Morgan fingerprint density at radius 2 is 1.86 bits per heavy atom. The van der Waals surface area contributed by atoms with Gasteiger partial charge in [-0.25, -0.2) is 0 Å². The number of rotatable bonds is 4. The van der Waals surface area contributed by atoms with Gasteiger partial charge >= 0.3 is 0 Å². The zero-order chi connectivity index (χ0) is 14.7. The van der Waals surface area contributed by atoms with Crippen LogP contribution in [0.4, 0.5) is 0 Å². The summed E-state index contributed by atoms with van der Waals surface area (Å²) >= 11 is 0. The topological polar surface area (TPSA) is 39.4 Å². The van der Waals surface area contributed by atoms with Gasteiger partial charge in [0.05, 0.1) is 7.11 Å². The molecule has 21 heavy (non-hydrogen) atoms. The van der Waals surface area contributed by atoms with Crippen molar-refractivity contribution in [2.24, 2.45) is 0 Å². The average Bonchev–Trinajstić information content (AvgIpc) is 2.95. The van der Waals surface area contributed by atoms with E-state index in [1.807, 2.05) is 30.3 Å². The van der Waals surface area contributed by atoms with Crippen LogP contribution in [0.2, 0.25) is 0 Å². The molecule has 0 aliphatic rings. The second-order valence-electron chi connectivity index (χ2n) is 4.61. The normalized spacial score (nSPS) is 11.1. The number of benzene rings is 2. The van der Waals surface area contributed by atoms with Crippen molar-refractivity contribution in [3.63, 3.8) is 0 Å². The molecule has 1 aromatic heterocycles. The smallest absolute Gasteiger partial charge is 0.185 e. The fourth-order valence-corrected chi connectivity index (χ4v) is 2.09. The van der Waals surface area contributed by atoms with E-state index in [1.54, 1.807) is 37.5 Å². The first-order valence-corrected chi connectivity index (χ1v) is 6.61. The van der Waals surface area contributed by atoms with Crippen molar-refractivity contribution >= 4 is 22.8 Å². The van der Waals surface area contributed by atoms with Gasteiger partial charge in [0, 0.05) is 10.9 Å². The molecule has 104 valence electrons. The summed E-state index contributed by atoms with van der Waals surface area (Å²) in [5.74, 6) is 1.32. The number of para-hydroxylation sites is 1. The Balaban J connectivity index is 1.79. The monoisotopic (exact) mass is 278 g/mol. The molecule has 0 unspecified atom stereocenters. The molecule has 0 saturated carbocycles. The number of ether oxygens (including phenoxy) is 1. The number of hydrogen-bond acceptors (Lipinski definition) is 3. The number of methoxy groups -OCH3 is 1. The molecule has 0 spiro atoms. The second-order valence-corrected chi connectivity index (χ2v) is 4.61. The van der Waals surface area contributed by atoms with E-state index in [4.69, 9.17) is 9.15 Å². The third-order valence-electron chi connectivity index (χ3n) is 3.22. The van der Waals surface area contributed by atoms with E-state index < -0.39 is 0 Å². The molecule has 3 aromatic rings. The summed E-state index contributed by atoms with van der Waals surface area (Å²) in [6.07, 6.45) is 3.20. The molecule has 0 atom stereocenters. The van der Waals surface area contributed by atoms with Gasteiger partial charge in [-0.2, -0.15) is 0 Å². The molecular formula is C18H14O3. The fourth-order valence-electron chi connectivity index (χ4n) is 2.09. The lowest BCUT2D eigenvalue weighted by Crippen LogP contribution is -1.93. The molecular weight excluding hydrogens is 264 g/mol. The van der Waals surface area contributed by atoms with Crippen molar-refractivity contribution in [1.29, 1.82) is 0 Å². The summed E-state index contributed by atoms with van der Waals surface area (Å²) in [6.45, 7) is 0. The largest absolute Gasteiger partial charge is 0.497 e. The summed E-state index contributed by atoms with van der Waals surface area (Å²) < 4.78 is 10.7. The lowest BCUT2D eigenvalue weighted by atomic mass is 10.1. The Morgan fingerprint density at radius 1 is 1.10 bits per heavy atom. The summed E-state index contributed by atoms with van der Waals surface area (Å²) in [5.41, 5.74) is 1.43. The Labute approximate surface area is 122 Å². The van der Waals surface area contributed by atoms with E-state index in [9.17, 15) is 4.79 Å². The molecule has 0 fully saturated rings. The van der Waals surface area contributed by atoms with Gasteiger partial charge in [0.2, 0.25) is 0 Å². The number of ketones is 1. The van der Waals surface area contributed by atoms with Gasteiger partial charge in [-0.1, -0.05) is 18.2 Å². The van der Waals surface area contributed by atoms with E-state index >= 15 is 0 Å². The number of allylic oxidation sites excluding steroid dienone is 1. The molecule has 3 heteroatoms. The first kappa shape index (κ1) is 13.2. The van der Waals surface area contributed by atoms with Gasteiger partial charge in [0.15, 0.2) is 5.78 Å². The molecule has 0 N–H and O–H groups in total. The van der Waals surface area contributed by atoms with E-state index in [0.717, 1.165) is 16.7 Å². The zero-order valence-electron chi connectivity index (χ0n) is 11.6. The molecule has 0 radical (unpaired) electrons. The molecule has 0 amide bonds. The van der Waals surface area contributed by atoms with Crippen LogP contribution in [0.25, 0.3) is 17.0 Å². The van der Waals surface area contributed by atoms with Crippen LogP contribution in [0.5, 0.6) is 5.75 Å². The highest BCUT2D eigenvalue weighted by atomic mass is 16.5. The SMILES string of the molecule is COc1ccc(C(=O)/C=C/c2cc3ccccc3o2)cc1. The minimum absolute atomic E-state index is 0.0712. The lowest BCUT2D eigenvalue weighted by molar-refractivity contribution is 0.104. The van der Waals surface area contributed by atoms with Crippen LogP contribution in [0, 0.1) is 0 Å².